The Morgan fingerprint density at radius 1 is 1.04 bits per heavy atom. The molecule has 0 aliphatic carbocycles. The lowest BCUT2D eigenvalue weighted by Gasteiger charge is -2.19. The average Bonchev–Trinajstić information content (AvgIpc) is 2.61. The molecule has 2 aromatic rings. The minimum Gasteiger partial charge on any atom is -0.338 e. The zero-order valence-corrected chi connectivity index (χ0v) is 13.7. The lowest BCUT2D eigenvalue weighted by atomic mass is 10.0. The predicted octanol–water partition coefficient (Wildman–Crippen LogP) is 4.05. The molecular formula is C19H25N3O. The van der Waals surface area contributed by atoms with Crippen LogP contribution < -0.4 is 10.6 Å². The van der Waals surface area contributed by atoms with Gasteiger partial charge in [-0.1, -0.05) is 62.6 Å². The quantitative estimate of drug-likeness (QED) is 0.723. The van der Waals surface area contributed by atoms with E-state index < -0.39 is 0 Å². The molecule has 2 amide bonds. The topological polar surface area (TPSA) is 54.0 Å². The van der Waals surface area contributed by atoms with Crippen LogP contribution in [0.4, 0.5) is 4.79 Å². The number of carbonyl (C=O) groups excluding carboxylic acids is 1. The number of unbranched alkanes of at least 4 members (excludes halogenated alkanes) is 3. The molecule has 0 radical (unpaired) electrons. The number of rotatable bonds is 8. The van der Waals surface area contributed by atoms with E-state index in [0.29, 0.717) is 6.54 Å². The van der Waals surface area contributed by atoms with Gasteiger partial charge in [0, 0.05) is 12.7 Å². The fourth-order valence-electron chi connectivity index (χ4n) is 2.46. The third kappa shape index (κ3) is 5.74. The number of hydrogen-bond acceptors (Lipinski definition) is 2. The molecule has 0 bridgehead atoms. The Balaban J connectivity index is 1.97. The highest BCUT2D eigenvalue weighted by atomic mass is 16.2. The summed E-state index contributed by atoms with van der Waals surface area (Å²) in [4.78, 5) is 16.6. The summed E-state index contributed by atoms with van der Waals surface area (Å²) in [5.41, 5.74) is 1.85. The van der Waals surface area contributed by atoms with Crippen LogP contribution >= 0.6 is 0 Å². The van der Waals surface area contributed by atoms with E-state index in [4.69, 9.17) is 0 Å². The van der Waals surface area contributed by atoms with Gasteiger partial charge in [0.2, 0.25) is 0 Å². The number of pyridine rings is 1. The van der Waals surface area contributed by atoms with Crippen LogP contribution in [0.1, 0.15) is 49.9 Å². The second kappa shape index (κ2) is 9.62. The van der Waals surface area contributed by atoms with Gasteiger partial charge < -0.3 is 10.6 Å². The Bertz CT molecular complexity index is 532. The number of carbonyl (C=O) groups is 1. The van der Waals surface area contributed by atoms with Crippen LogP contribution in [-0.4, -0.2) is 17.6 Å². The highest BCUT2D eigenvalue weighted by Crippen LogP contribution is 2.19. The maximum absolute atomic E-state index is 12.2. The molecule has 2 rings (SSSR count). The molecule has 0 aliphatic rings. The normalized spacial score (nSPS) is 11.7. The van der Waals surface area contributed by atoms with Gasteiger partial charge in [-0.2, -0.15) is 0 Å². The minimum atomic E-state index is -0.243. The van der Waals surface area contributed by atoms with E-state index in [0.717, 1.165) is 24.1 Å². The number of hydrogen-bond donors (Lipinski definition) is 2. The van der Waals surface area contributed by atoms with E-state index in [2.05, 4.69) is 22.5 Å². The Labute approximate surface area is 138 Å². The molecule has 4 heteroatoms. The van der Waals surface area contributed by atoms with E-state index in [9.17, 15) is 4.79 Å². The molecule has 23 heavy (non-hydrogen) atoms. The first kappa shape index (κ1) is 17.0. The molecule has 2 N–H and O–H groups in total. The Hall–Kier alpha value is -2.36. The van der Waals surface area contributed by atoms with Gasteiger partial charge in [0.15, 0.2) is 0 Å². The summed E-state index contributed by atoms with van der Waals surface area (Å²) in [5.74, 6) is 0. The van der Waals surface area contributed by atoms with Gasteiger partial charge in [-0.25, -0.2) is 4.79 Å². The van der Waals surface area contributed by atoms with Crippen molar-refractivity contribution in [2.45, 2.75) is 38.6 Å². The first-order valence-corrected chi connectivity index (χ1v) is 8.31. The molecule has 1 aromatic heterocycles. The van der Waals surface area contributed by atoms with Gasteiger partial charge in [0.1, 0.15) is 0 Å². The fourth-order valence-corrected chi connectivity index (χ4v) is 2.46. The molecule has 4 nitrogen and oxygen atoms in total. The molecule has 1 atom stereocenters. The molecule has 1 aromatic carbocycles. The minimum absolute atomic E-state index is 0.152. The zero-order valence-electron chi connectivity index (χ0n) is 13.7. The smallest absolute Gasteiger partial charge is 0.315 e. The van der Waals surface area contributed by atoms with Crippen LogP contribution in [0.2, 0.25) is 0 Å². The van der Waals surface area contributed by atoms with Crippen molar-refractivity contribution >= 4 is 6.03 Å². The number of nitrogens with zero attached hydrogens (tertiary/aromatic N) is 1. The fraction of sp³-hybridized carbons (Fsp3) is 0.368. The summed E-state index contributed by atoms with van der Waals surface area (Å²) in [6, 6.07) is 15.2. The number of amides is 2. The molecule has 122 valence electrons. The third-order valence-corrected chi connectivity index (χ3v) is 3.71. The van der Waals surface area contributed by atoms with Crippen molar-refractivity contribution in [2.75, 3.05) is 6.54 Å². The number of nitrogens with one attached hydrogen (secondary N) is 2. The van der Waals surface area contributed by atoms with E-state index in [1.165, 1.54) is 12.8 Å². The van der Waals surface area contributed by atoms with Crippen molar-refractivity contribution < 1.29 is 4.79 Å². The number of urea groups is 1. The Morgan fingerprint density at radius 3 is 2.52 bits per heavy atom. The summed E-state index contributed by atoms with van der Waals surface area (Å²) in [7, 11) is 0. The van der Waals surface area contributed by atoms with Gasteiger partial charge in [-0.05, 0) is 24.1 Å². The summed E-state index contributed by atoms with van der Waals surface area (Å²) in [6.07, 6.45) is 6.32. The highest BCUT2D eigenvalue weighted by Gasteiger charge is 2.17. The summed E-state index contributed by atoms with van der Waals surface area (Å²) in [6.45, 7) is 2.88. The van der Waals surface area contributed by atoms with E-state index >= 15 is 0 Å². The second-order valence-electron chi connectivity index (χ2n) is 5.56. The largest absolute Gasteiger partial charge is 0.338 e. The van der Waals surface area contributed by atoms with Crippen LogP contribution in [0.3, 0.4) is 0 Å². The van der Waals surface area contributed by atoms with Crippen molar-refractivity contribution in [3.05, 3.63) is 66.0 Å². The van der Waals surface area contributed by atoms with Crippen molar-refractivity contribution in [1.82, 2.24) is 15.6 Å². The van der Waals surface area contributed by atoms with Crippen molar-refractivity contribution in [3.8, 4) is 0 Å². The van der Waals surface area contributed by atoms with Crippen LogP contribution in [0.5, 0.6) is 0 Å². The van der Waals surface area contributed by atoms with E-state index in [-0.39, 0.29) is 12.1 Å². The second-order valence-corrected chi connectivity index (χ2v) is 5.56. The maximum Gasteiger partial charge on any atom is 0.315 e. The van der Waals surface area contributed by atoms with Gasteiger partial charge in [-0.15, -0.1) is 0 Å². The number of benzene rings is 1. The summed E-state index contributed by atoms with van der Waals surface area (Å²) in [5, 5.41) is 5.96. The molecular weight excluding hydrogens is 286 g/mol. The molecule has 0 spiro atoms. The van der Waals surface area contributed by atoms with E-state index in [1.54, 1.807) is 6.20 Å². The van der Waals surface area contributed by atoms with Gasteiger partial charge in [-0.3, -0.25) is 4.98 Å². The maximum atomic E-state index is 12.2. The SMILES string of the molecule is CCCCCCNC(=O)N[C@H](c1ccccc1)c1ccccn1. The molecule has 0 aliphatic heterocycles. The van der Waals surface area contributed by atoms with Gasteiger partial charge in [0.25, 0.3) is 0 Å². The van der Waals surface area contributed by atoms with Crippen LogP contribution in [0.25, 0.3) is 0 Å². The zero-order chi connectivity index (χ0) is 16.3. The standard InChI is InChI=1S/C19H25N3O/c1-2-3-4-9-15-21-19(23)22-18(16-11-6-5-7-12-16)17-13-8-10-14-20-17/h5-8,10-14,18H,2-4,9,15H2,1H3,(H2,21,22,23)/t18-/m1/s1. The van der Waals surface area contributed by atoms with Crippen LogP contribution in [0, 0.1) is 0 Å². The van der Waals surface area contributed by atoms with E-state index in [1.807, 2.05) is 48.5 Å². The lowest BCUT2D eigenvalue weighted by Crippen LogP contribution is -2.39. The molecule has 1 heterocycles. The Morgan fingerprint density at radius 2 is 1.83 bits per heavy atom. The van der Waals surface area contributed by atoms with Gasteiger partial charge in [0.05, 0.1) is 11.7 Å². The Kier molecular flexibility index (Phi) is 7.11. The lowest BCUT2D eigenvalue weighted by molar-refractivity contribution is 0.238. The predicted molar refractivity (Wildman–Crippen MR) is 93.2 cm³/mol. The highest BCUT2D eigenvalue weighted by molar-refractivity contribution is 5.74. The van der Waals surface area contributed by atoms with Crippen LogP contribution in [0.15, 0.2) is 54.7 Å². The average molecular weight is 311 g/mol. The van der Waals surface area contributed by atoms with Gasteiger partial charge >= 0.3 is 6.03 Å². The first-order chi connectivity index (χ1) is 11.3. The third-order valence-electron chi connectivity index (χ3n) is 3.71. The monoisotopic (exact) mass is 311 g/mol. The number of aromatic nitrogens is 1. The molecule has 0 saturated carbocycles. The molecule has 0 saturated heterocycles. The summed E-state index contributed by atoms with van der Waals surface area (Å²) >= 11 is 0. The van der Waals surface area contributed by atoms with Crippen molar-refractivity contribution in [1.29, 1.82) is 0 Å². The molecule has 0 unspecified atom stereocenters. The molecule has 0 fully saturated rings. The summed E-state index contributed by atoms with van der Waals surface area (Å²) < 4.78 is 0. The van der Waals surface area contributed by atoms with Crippen LogP contribution in [-0.2, 0) is 0 Å². The first-order valence-electron chi connectivity index (χ1n) is 8.31. The van der Waals surface area contributed by atoms with Crippen molar-refractivity contribution in [3.63, 3.8) is 0 Å². The van der Waals surface area contributed by atoms with Crippen molar-refractivity contribution in [2.24, 2.45) is 0 Å².